The van der Waals surface area contributed by atoms with Gasteiger partial charge in [0.2, 0.25) is 5.91 Å². The van der Waals surface area contributed by atoms with Crippen molar-refractivity contribution in [3.63, 3.8) is 0 Å². The summed E-state index contributed by atoms with van der Waals surface area (Å²) in [5.41, 5.74) is 1.19. The zero-order valence-electron chi connectivity index (χ0n) is 14.5. The zero-order valence-corrected chi connectivity index (χ0v) is 15.3. The number of para-hydroxylation sites is 1. The minimum absolute atomic E-state index is 0.0661. The van der Waals surface area contributed by atoms with Gasteiger partial charge in [0.25, 0.3) is 0 Å². The minimum Gasteiger partial charge on any atom is -0.491 e. The zero-order chi connectivity index (χ0) is 18.9. The van der Waals surface area contributed by atoms with Crippen LogP contribution in [0.25, 0.3) is 0 Å². The number of ether oxygens (including phenoxy) is 1. The van der Waals surface area contributed by atoms with Crippen LogP contribution in [-0.4, -0.2) is 33.2 Å². The number of nitrogens with one attached hydrogen (secondary N) is 1. The molecule has 2 aromatic carbocycles. The van der Waals surface area contributed by atoms with Gasteiger partial charge in [-0.05, 0) is 30.7 Å². The molecule has 2 aromatic rings. The third-order valence-electron chi connectivity index (χ3n) is 4.56. The molecule has 1 heterocycles. The van der Waals surface area contributed by atoms with Gasteiger partial charge < -0.3 is 10.1 Å². The maximum Gasteiger partial charge on any atom is 0.227 e. The predicted molar refractivity (Wildman–Crippen MR) is 96.3 cm³/mol. The fraction of sp³-hybridized carbons (Fsp3) is 0.316. The Labute approximate surface area is 152 Å². The number of amides is 1. The van der Waals surface area contributed by atoms with Gasteiger partial charge in [-0.25, -0.2) is 12.8 Å². The highest BCUT2D eigenvalue weighted by Crippen LogP contribution is 2.37. The fourth-order valence-electron chi connectivity index (χ4n) is 3.19. The van der Waals surface area contributed by atoms with Gasteiger partial charge in [-0.2, -0.15) is 0 Å². The van der Waals surface area contributed by atoms with Crippen molar-refractivity contribution in [2.75, 3.05) is 12.9 Å². The molecule has 0 saturated heterocycles. The highest BCUT2D eigenvalue weighted by Gasteiger charge is 2.39. The SMILES string of the molecule is CC(C(=O)N[C@@H]1COc2ccccc2[C@H]1S(C)(=O)=O)c1ccc(F)cc1. The van der Waals surface area contributed by atoms with E-state index in [1.54, 1.807) is 43.3 Å². The number of carbonyl (C=O) groups excluding carboxylic acids is 1. The van der Waals surface area contributed by atoms with E-state index in [-0.39, 0.29) is 18.3 Å². The first-order chi connectivity index (χ1) is 12.3. The molecular formula is C19H20FNO4S. The largest absolute Gasteiger partial charge is 0.491 e. The first-order valence-corrected chi connectivity index (χ1v) is 10.2. The predicted octanol–water partition coefficient (Wildman–Crippen LogP) is 2.59. The Morgan fingerprint density at radius 3 is 2.50 bits per heavy atom. The van der Waals surface area contributed by atoms with Crippen molar-refractivity contribution in [1.29, 1.82) is 0 Å². The molecule has 1 aliphatic heterocycles. The summed E-state index contributed by atoms with van der Waals surface area (Å²) in [6, 6.07) is 11.9. The standard InChI is InChI=1S/C19H20FNO4S/c1-12(13-7-9-14(20)10-8-13)19(22)21-16-11-25-17-6-4-3-5-15(17)18(16)26(2,23)24/h3-10,12,16,18H,11H2,1-2H3,(H,21,22)/t12?,16-,18-/m1/s1. The van der Waals surface area contributed by atoms with E-state index in [1.807, 2.05) is 0 Å². The lowest BCUT2D eigenvalue weighted by atomic mass is 9.98. The fourth-order valence-corrected chi connectivity index (χ4v) is 4.59. The van der Waals surface area contributed by atoms with Crippen molar-refractivity contribution in [2.45, 2.75) is 24.1 Å². The number of sulfone groups is 1. The first-order valence-electron chi connectivity index (χ1n) is 8.24. The van der Waals surface area contributed by atoms with Gasteiger partial charge in [0.1, 0.15) is 23.4 Å². The highest BCUT2D eigenvalue weighted by molar-refractivity contribution is 7.91. The molecule has 1 amide bonds. The lowest BCUT2D eigenvalue weighted by Gasteiger charge is -2.33. The average Bonchev–Trinajstić information content (AvgIpc) is 2.60. The maximum absolute atomic E-state index is 13.1. The topological polar surface area (TPSA) is 72.5 Å². The minimum atomic E-state index is -3.47. The van der Waals surface area contributed by atoms with E-state index in [0.717, 1.165) is 6.26 Å². The van der Waals surface area contributed by atoms with E-state index >= 15 is 0 Å². The Hall–Kier alpha value is -2.41. The molecule has 26 heavy (non-hydrogen) atoms. The molecular weight excluding hydrogens is 357 g/mol. The molecule has 3 atom stereocenters. The molecule has 0 aliphatic carbocycles. The monoisotopic (exact) mass is 377 g/mol. The lowest BCUT2D eigenvalue weighted by Crippen LogP contribution is -2.48. The molecule has 0 aromatic heterocycles. The van der Waals surface area contributed by atoms with Crippen molar-refractivity contribution in [2.24, 2.45) is 0 Å². The van der Waals surface area contributed by atoms with Gasteiger partial charge in [-0.15, -0.1) is 0 Å². The van der Waals surface area contributed by atoms with Gasteiger partial charge in [0.15, 0.2) is 9.84 Å². The summed E-state index contributed by atoms with van der Waals surface area (Å²) < 4.78 is 43.4. The van der Waals surface area contributed by atoms with Gasteiger partial charge in [-0.1, -0.05) is 30.3 Å². The van der Waals surface area contributed by atoms with Crippen LogP contribution < -0.4 is 10.1 Å². The summed E-state index contributed by atoms with van der Waals surface area (Å²) in [6.07, 6.45) is 1.16. The molecule has 1 N–H and O–H groups in total. The summed E-state index contributed by atoms with van der Waals surface area (Å²) in [4.78, 5) is 12.6. The number of fused-ring (bicyclic) bond motifs is 1. The number of hydrogen-bond donors (Lipinski definition) is 1. The quantitative estimate of drug-likeness (QED) is 0.889. The number of halogens is 1. The summed E-state index contributed by atoms with van der Waals surface area (Å²) >= 11 is 0. The molecule has 0 bridgehead atoms. The third-order valence-corrected chi connectivity index (χ3v) is 6.07. The second-order valence-corrected chi connectivity index (χ2v) is 8.65. The second-order valence-electron chi connectivity index (χ2n) is 6.49. The summed E-state index contributed by atoms with van der Waals surface area (Å²) in [5, 5.41) is 1.91. The van der Waals surface area contributed by atoms with Gasteiger partial charge in [-0.3, -0.25) is 4.79 Å². The number of benzene rings is 2. The van der Waals surface area contributed by atoms with Crippen LogP contribution in [0.3, 0.4) is 0 Å². The molecule has 0 spiro atoms. The van der Waals surface area contributed by atoms with Gasteiger partial charge in [0, 0.05) is 11.8 Å². The Morgan fingerprint density at radius 2 is 1.85 bits per heavy atom. The highest BCUT2D eigenvalue weighted by atomic mass is 32.2. The third kappa shape index (κ3) is 3.72. The van der Waals surface area contributed by atoms with E-state index in [4.69, 9.17) is 4.74 Å². The lowest BCUT2D eigenvalue weighted by molar-refractivity contribution is -0.123. The van der Waals surface area contributed by atoms with Gasteiger partial charge in [0.05, 0.1) is 12.0 Å². The van der Waals surface area contributed by atoms with Crippen molar-refractivity contribution in [3.8, 4) is 5.75 Å². The smallest absolute Gasteiger partial charge is 0.227 e. The Kier molecular flexibility index (Phi) is 5.00. The molecule has 0 radical (unpaired) electrons. The van der Waals surface area contributed by atoms with Crippen molar-refractivity contribution < 1.29 is 22.3 Å². The Balaban J connectivity index is 1.84. The van der Waals surface area contributed by atoms with Crippen LogP contribution in [0.15, 0.2) is 48.5 Å². The molecule has 1 unspecified atom stereocenters. The maximum atomic E-state index is 13.1. The number of carbonyl (C=O) groups is 1. The molecule has 0 fully saturated rings. The van der Waals surface area contributed by atoms with Crippen molar-refractivity contribution in [3.05, 3.63) is 65.5 Å². The number of hydrogen-bond acceptors (Lipinski definition) is 4. The molecule has 138 valence electrons. The normalized spacial score (nSPS) is 20.6. The van der Waals surface area contributed by atoms with E-state index in [9.17, 15) is 17.6 Å². The molecule has 5 nitrogen and oxygen atoms in total. The van der Waals surface area contributed by atoms with Crippen LogP contribution >= 0.6 is 0 Å². The van der Waals surface area contributed by atoms with Crippen LogP contribution in [0.4, 0.5) is 4.39 Å². The first kappa shape index (κ1) is 18.4. The van der Waals surface area contributed by atoms with E-state index < -0.39 is 27.0 Å². The number of rotatable bonds is 4. The van der Waals surface area contributed by atoms with E-state index in [0.29, 0.717) is 16.9 Å². The molecule has 3 rings (SSSR count). The molecule has 7 heteroatoms. The van der Waals surface area contributed by atoms with Crippen LogP contribution in [0, 0.1) is 5.82 Å². The van der Waals surface area contributed by atoms with Gasteiger partial charge >= 0.3 is 0 Å². The Bertz CT molecular complexity index is 911. The van der Waals surface area contributed by atoms with E-state index in [2.05, 4.69) is 5.32 Å². The Morgan fingerprint density at radius 1 is 1.19 bits per heavy atom. The summed E-state index contributed by atoms with van der Waals surface area (Å²) in [6.45, 7) is 1.76. The van der Waals surface area contributed by atoms with Crippen molar-refractivity contribution >= 4 is 15.7 Å². The summed E-state index contributed by atoms with van der Waals surface area (Å²) in [7, 11) is -3.47. The second kappa shape index (κ2) is 7.07. The van der Waals surface area contributed by atoms with E-state index in [1.165, 1.54) is 12.1 Å². The average molecular weight is 377 g/mol. The molecule has 1 aliphatic rings. The summed E-state index contributed by atoms with van der Waals surface area (Å²) in [5.74, 6) is -0.748. The van der Waals surface area contributed by atoms with Crippen LogP contribution in [0.2, 0.25) is 0 Å². The van der Waals surface area contributed by atoms with Crippen molar-refractivity contribution in [1.82, 2.24) is 5.32 Å². The van der Waals surface area contributed by atoms with Crippen LogP contribution in [0.1, 0.15) is 29.2 Å². The van der Waals surface area contributed by atoms with Crippen LogP contribution in [0.5, 0.6) is 5.75 Å². The van der Waals surface area contributed by atoms with Crippen LogP contribution in [-0.2, 0) is 14.6 Å². The molecule has 0 saturated carbocycles.